The van der Waals surface area contributed by atoms with Crippen molar-refractivity contribution in [2.24, 2.45) is 11.8 Å². The molecular weight excluding hydrogens is 284 g/mol. The smallest absolute Gasteiger partial charge is 0.113 e. The number of allylic oxidation sites excluding steroid dienone is 3. The third kappa shape index (κ3) is 5.63. The molecule has 1 aromatic rings. The first-order valence-corrected chi connectivity index (χ1v) is 8.66. The van der Waals surface area contributed by atoms with Gasteiger partial charge in [-0.05, 0) is 44.1 Å². The molecule has 0 amide bonds. The lowest BCUT2D eigenvalue weighted by Gasteiger charge is -2.12. The van der Waals surface area contributed by atoms with E-state index in [9.17, 15) is 5.11 Å². The summed E-state index contributed by atoms with van der Waals surface area (Å²) in [5, 5.41) is 9.59. The lowest BCUT2D eigenvalue weighted by atomic mass is 9.92. The average molecular weight is 314 g/mol. The number of epoxide rings is 1. The molecule has 2 heteroatoms. The number of benzene rings is 1. The molecule has 0 aliphatic carbocycles. The maximum absolute atomic E-state index is 9.59. The van der Waals surface area contributed by atoms with Crippen molar-refractivity contribution in [2.75, 3.05) is 0 Å². The molecule has 0 unspecified atom stereocenters. The van der Waals surface area contributed by atoms with Gasteiger partial charge in [0.25, 0.3) is 0 Å². The zero-order valence-electron chi connectivity index (χ0n) is 14.8. The largest absolute Gasteiger partial charge is 0.391 e. The Balaban J connectivity index is 1.72. The minimum atomic E-state index is -0.376. The number of aliphatic hydroxyl groups excluding tert-OH is 1. The third-order valence-electron chi connectivity index (χ3n) is 4.50. The Morgan fingerprint density at radius 1 is 1.13 bits per heavy atom. The van der Waals surface area contributed by atoms with E-state index in [0.29, 0.717) is 11.8 Å². The molecule has 1 aliphatic rings. The molecule has 1 saturated heterocycles. The molecule has 0 saturated carbocycles. The van der Waals surface area contributed by atoms with Gasteiger partial charge in [0.2, 0.25) is 0 Å². The Morgan fingerprint density at radius 2 is 1.83 bits per heavy atom. The van der Waals surface area contributed by atoms with Gasteiger partial charge in [0, 0.05) is 0 Å². The summed E-state index contributed by atoms with van der Waals surface area (Å²) in [6, 6.07) is 10.4. The predicted octanol–water partition coefficient (Wildman–Crippen LogP) is 4.85. The van der Waals surface area contributed by atoms with Crippen molar-refractivity contribution in [3.05, 3.63) is 54.1 Å². The van der Waals surface area contributed by atoms with Gasteiger partial charge in [0.1, 0.15) is 6.10 Å². The number of aliphatic hydroxyl groups is 1. The number of rotatable bonds is 8. The summed E-state index contributed by atoms with van der Waals surface area (Å²) in [5.74, 6) is 0.991. The highest BCUT2D eigenvalue weighted by Crippen LogP contribution is 2.43. The van der Waals surface area contributed by atoms with Gasteiger partial charge in [-0.25, -0.2) is 0 Å². The van der Waals surface area contributed by atoms with Crippen LogP contribution in [0, 0.1) is 11.8 Å². The third-order valence-corrected chi connectivity index (χ3v) is 4.50. The minimum absolute atomic E-state index is 0.00563. The van der Waals surface area contributed by atoms with Crippen LogP contribution in [0.15, 0.2) is 48.6 Å². The van der Waals surface area contributed by atoms with Crippen molar-refractivity contribution < 1.29 is 9.84 Å². The van der Waals surface area contributed by atoms with Crippen LogP contribution in [-0.4, -0.2) is 22.9 Å². The van der Waals surface area contributed by atoms with E-state index in [1.807, 2.05) is 6.07 Å². The maximum atomic E-state index is 9.59. The normalized spacial score (nSPS) is 28.1. The summed E-state index contributed by atoms with van der Waals surface area (Å²) in [4.78, 5) is 0. The van der Waals surface area contributed by atoms with E-state index in [-0.39, 0.29) is 17.8 Å². The summed E-state index contributed by atoms with van der Waals surface area (Å²) in [6.07, 6.45) is 10.6. The molecule has 0 aromatic heterocycles. The number of hydrogen-bond donors (Lipinski definition) is 1. The van der Waals surface area contributed by atoms with Gasteiger partial charge in [-0.2, -0.15) is 0 Å². The van der Waals surface area contributed by atoms with Gasteiger partial charge in [-0.3, -0.25) is 0 Å². The van der Waals surface area contributed by atoms with Crippen LogP contribution in [0.25, 0.3) is 6.08 Å². The molecule has 1 aliphatic heterocycles. The average Bonchev–Trinajstić information content (AvgIpc) is 3.18. The van der Waals surface area contributed by atoms with Crippen LogP contribution in [0.3, 0.4) is 0 Å². The van der Waals surface area contributed by atoms with Gasteiger partial charge in [-0.15, -0.1) is 0 Å². The van der Waals surface area contributed by atoms with E-state index in [0.717, 1.165) is 12.8 Å². The number of ether oxygens (including phenoxy) is 1. The van der Waals surface area contributed by atoms with Gasteiger partial charge in [0.05, 0.1) is 11.7 Å². The van der Waals surface area contributed by atoms with Crippen molar-refractivity contribution in [3.8, 4) is 0 Å². The zero-order chi connectivity index (χ0) is 16.9. The first-order valence-electron chi connectivity index (χ1n) is 8.66. The van der Waals surface area contributed by atoms with E-state index < -0.39 is 0 Å². The van der Waals surface area contributed by atoms with E-state index in [1.165, 1.54) is 5.56 Å². The SMILES string of the molecule is C[C@H](/C=C/c1ccccc1)C/C=C/[C@H](C)C[C@@]1(C)O[C@@H]1[C@@H](C)O. The summed E-state index contributed by atoms with van der Waals surface area (Å²) >= 11 is 0. The first kappa shape index (κ1) is 18.0. The molecule has 5 atom stereocenters. The Bertz CT molecular complexity index is 532. The highest BCUT2D eigenvalue weighted by Gasteiger charge is 2.54. The fraction of sp³-hybridized carbons (Fsp3) is 0.524. The molecule has 1 N–H and O–H groups in total. The van der Waals surface area contributed by atoms with E-state index in [2.05, 4.69) is 69.3 Å². The molecule has 0 radical (unpaired) electrons. The Hall–Kier alpha value is -1.38. The lowest BCUT2D eigenvalue weighted by molar-refractivity contribution is 0.152. The van der Waals surface area contributed by atoms with Gasteiger partial charge in [-0.1, -0.05) is 68.5 Å². The molecule has 23 heavy (non-hydrogen) atoms. The van der Waals surface area contributed by atoms with Gasteiger partial charge in [0.15, 0.2) is 0 Å². The van der Waals surface area contributed by atoms with E-state index in [1.54, 1.807) is 6.92 Å². The fourth-order valence-electron chi connectivity index (χ4n) is 3.18. The second-order valence-corrected chi connectivity index (χ2v) is 7.18. The van der Waals surface area contributed by atoms with Crippen LogP contribution in [0.5, 0.6) is 0 Å². The Labute approximate surface area is 140 Å². The molecule has 1 fully saturated rings. The fourth-order valence-corrected chi connectivity index (χ4v) is 3.18. The van der Waals surface area contributed by atoms with Gasteiger partial charge >= 0.3 is 0 Å². The van der Waals surface area contributed by atoms with Crippen molar-refractivity contribution in [1.29, 1.82) is 0 Å². The van der Waals surface area contributed by atoms with Crippen molar-refractivity contribution >= 4 is 6.08 Å². The van der Waals surface area contributed by atoms with Gasteiger partial charge < -0.3 is 9.84 Å². The highest BCUT2D eigenvalue weighted by atomic mass is 16.6. The summed E-state index contributed by atoms with van der Waals surface area (Å²) in [6.45, 7) is 8.35. The Kier molecular flexibility index (Phi) is 6.20. The van der Waals surface area contributed by atoms with Crippen LogP contribution in [0.1, 0.15) is 46.1 Å². The number of hydrogen-bond acceptors (Lipinski definition) is 2. The van der Waals surface area contributed by atoms with Crippen LogP contribution in [-0.2, 0) is 4.74 Å². The minimum Gasteiger partial charge on any atom is -0.391 e. The van der Waals surface area contributed by atoms with Crippen molar-refractivity contribution in [1.82, 2.24) is 0 Å². The highest BCUT2D eigenvalue weighted by molar-refractivity contribution is 5.48. The Morgan fingerprint density at radius 3 is 2.43 bits per heavy atom. The quantitative estimate of drug-likeness (QED) is 0.550. The van der Waals surface area contributed by atoms with E-state index >= 15 is 0 Å². The topological polar surface area (TPSA) is 32.8 Å². The van der Waals surface area contributed by atoms with Crippen LogP contribution in [0.4, 0.5) is 0 Å². The monoisotopic (exact) mass is 314 g/mol. The molecule has 2 nitrogen and oxygen atoms in total. The predicted molar refractivity (Wildman–Crippen MR) is 97.1 cm³/mol. The van der Waals surface area contributed by atoms with Crippen LogP contribution >= 0.6 is 0 Å². The molecule has 2 rings (SSSR count). The molecular formula is C21H30O2. The lowest BCUT2D eigenvalue weighted by Crippen LogP contribution is -2.21. The maximum Gasteiger partial charge on any atom is 0.113 e. The molecule has 1 aromatic carbocycles. The first-order chi connectivity index (χ1) is 10.9. The summed E-state index contributed by atoms with van der Waals surface area (Å²) in [5.41, 5.74) is 1.11. The zero-order valence-corrected chi connectivity index (χ0v) is 14.8. The van der Waals surface area contributed by atoms with Crippen LogP contribution < -0.4 is 0 Å². The molecule has 1 heterocycles. The molecule has 0 bridgehead atoms. The van der Waals surface area contributed by atoms with Crippen LogP contribution in [0.2, 0.25) is 0 Å². The second kappa shape index (κ2) is 7.94. The molecule has 126 valence electrons. The summed E-state index contributed by atoms with van der Waals surface area (Å²) < 4.78 is 5.66. The molecule has 0 spiro atoms. The van der Waals surface area contributed by atoms with E-state index in [4.69, 9.17) is 4.74 Å². The second-order valence-electron chi connectivity index (χ2n) is 7.18. The van der Waals surface area contributed by atoms with Crippen molar-refractivity contribution in [3.63, 3.8) is 0 Å². The summed E-state index contributed by atoms with van der Waals surface area (Å²) in [7, 11) is 0. The standard InChI is InChI=1S/C21H30O2/c1-16(13-14-19-11-6-5-7-12-19)9-8-10-17(2)15-21(4)20(23-21)18(3)22/h5-8,10-14,16-18,20,22H,9,15H2,1-4H3/b10-8+,14-13+/t16-,17-,18+,20+,21+/m0/s1. The van der Waals surface area contributed by atoms with Crippen molar-refractivity contribution in [2.45, 2.75) is 58.3 Å².